The summed E-state index contributed by atoms with van der Waals surface area (Å²) in [6.07, 6.45) is 3.22. The lowest BCUT2D eigenvalue weighted by Crippen LogP contribution is -2.14. The van der Waals surface area contributed by atoms with Crippen molar-refractivity contribution in [3.05, 3.63) is 81.1 Å². The van der Waals surface area contributed by atoms with Crippen LogP contribution in [0.25, 0.3) is 4.96 Å². The van der Waals surface area contributed by atoms with Crippen molar-refractivity contribution in [2.24, 2.45) is 0 Å². The lowest BCUT2D eigenvalue weighted by molar-refractivity contribution is 0.0996. The number of rotatable bonds is 5. The number of nitrogens with one attached hydrogen (secondary N) is 1. The number of anilines is 1. The zero-order valence-corrected chi connectivity index (χ0v) is 16.1. The summed E-state index contributed by atoms with van der Waals surface area (Å²) >= 11 is 1.45. The molecular weight excluding hydrogens is 378 g/mol. The average molecular weight is 395 g/mol. The predicted octanol–water partition coefficient (Wildman–Crippen LogP) is 3.80. The van der Waals surface area contributed by atoms with Crippen LogP contribution in [0.15, 0.2) is 58.1 Å². The number of hydrogen-bond donors (Lipinski definition) is 1. The van der Waals surface area contributed by atoms with Crippen LogP contribution in [0.5, 0.6) is 5.75 Å². The Balaban J connectivity index is 1.51. The molecule has 0 fully saturated rings. The third-order valence-electron chi connectivity index (χ3n) is 4.10. The Morgan fingerprint density at radius 2 is 2.14 bits per heavy atom. The van der Waals surface area contributed by atoms with Gasteiger partial charge in [0.1, 0.15) is 12.4 Å². The molecule has 0 unspecified atom stereocenters. The highest BCUT2D eigenvalue weighted by Crippen LogP contribution is 2.24. The molecule has 1 N–H and O–H groups in total. The van der Waals surface area contributed by atoms with Gasteiger partial charge < -0.3 is 14.5 Å². The van der Waals surface area contributed by atoms with Gasteiger partial charge in [0, 0.05) is 28.9 Å². The number of nitrogens with zero attached hydrogens (tertiary/aromatic N) is 2. The van der Waals surface area contributed by atoms with Crippen LogP contribution < -0.4 is 15.6 Å². The van der Waals surface area contributed by atoms with E-state index in [4.69, 9.17) is 9.15 Å². The maximum Gasteiger partial charge on any atom is 0.291 e. The Morgan fingerprint density at radius 1 is 1.29 bits per heavy atom. The van der Waals surface area contributed by atoms with E-state index in [2.05, 4.69) is 10.3 Å². The van der Waals surface area contributed by atoms with Gasteiger partial charge in [0.15, 0.2) is 10.7 Å². The van der Waals surface area contributed by atoms with Gasteiger partial charge >= 0.3 is 0 Å². The Labute approximate surface area is 164 Å². The number of furan rings is 1. The lowest BCUT2D eigenvalue weighted by Gasteiger charge is -2.11. The maximum atomic E-state index is 12.2. The molecule has 0 bridgehead atoms. The summed E-state index contributed by atoms with van der Waals surface area (Å²) in [6.45, 7) is 3.99. The molecule has 4 aromatic rings. The summed E-state index contributed by atoms with van der Waals surface area (Å²) in [5, 5.41) is 2.77. The molecule has 7 nitrogen and oxygen atoms in total. The largest absolute Gasteiger partial charge is 0.487 e. The Kier molecular flexibility index (Phi) is 4.70. The number of fused-ring (bicyclic) bond motifs is 1. The first-order chi connectivity index (χ1) is 13.5. The Bertz CT molecular complexity index is 1210. The summed E-state index contributed by atoms with van der Waals surface area (Å²) in [4.78, 5) is 30.5. The van der Waals surface area contributed by atoms with Crippen molar-refractivity contribution < 1.29 is 13.9 Å². The fraction of sp³-hybridized carbons (Fsp3) is 0.150. The molecule has 1 amide bonds. The molecule has 1 aromatic carbocycles. The first-order valence-electron chi connectivity index (χ1n) is 8.56. The van der Waals surface area contributed by atoms with Gasteiger partial charge in [0.25, 0.3) is 11.5 Å². The van der Waals surface area contributed by atoms with Crippen LogP contribution >= 0.6 is 11.3 Å². The van der Waals surface area contributed by atoms with E-state index >= 15 is 0 Å². The van der Waals surface area contributed by atoms with Crippen LogP contribution in [0.4, 0.5) is 5.69 Å². The molecule has 4 rings (SSSR count). The predicted molar refractivity (Wildman–Crippen MR) is 106 cm³/mol. The smallest absolute Gasteiger partial charge is 0.291 e. The van der Waals surface area contributed by atoms with Crippen molar-refractivity contribution in [1.29, 1.82) is 0 Å². The SMILES string of the molecule is Cc1cn2c(=O)cc(COc3cc(NC(=O)c4ccco4)ccc3C)nc2s1. The summed E-state index contributed by atoms with van der Waals surface area (Å²) < 4.78 is 12.5. The number of benzene rings is 1. The van der Waals surface area contributed by atoms with Crippen LogP contribution in [0.2, 0.25) is 0 Å². The van der Waals surface area contributed by atoms with Gasteiger partial charge in [-0.15, -0.1) is 11.3 Å². The summed E-state index contributed by atoms with van der Waals surface area (Å²) in [5.74, 6) is 0.488. The Hall–Kier alpha value is -3.39. The van der Waals surface area contributed by atoms with Crippen molar-refractivity contribution in [2.75, 3.05) is 5.32 Å². The molecule has 3 aromatic heterocycles. The molecule has 0 saturated heterocycles. The van der Waals surface area contributed by atoms with Gasteiger partial charge in [-0.25, -0.2) is 4.98 Å². The van der Waals surface area contributed by atoms with Crippen LogP contribution in [-0.2, 0) is 6.61 Å². The van der Waals surface area contributed by atoms with Gasteiger partial charge in [-0.1, -0.05) is 6.07 Å². The molecule has 0 aliphatic heterocycles. The molecule has 8 heteroatoms. The van der Waals surface area contributed by atoms with E-state index < -0.39 is 0 Å². The minimum absolute atomic E-state index is 0.135. The van der Waals surface area contributed by atoms with Crippen molar-refractivity contribution in [3.63, 3.8) is 0 Å². The first kappa shape index (κ1) is 18.0. The first-order valence-corrected chi connectivity index (χ1v) is 9.38. The number of thiazole rings is 1. The van der Waals surface area contributed by atoms with Crippen molar-refractivity contribution >= 4 is 27.9 Å². The summed E-state index contributed by atoms with van der Waals surface area (Å²) in [7, 11) is 0. The number of ether oxygens (including phenoxy) is 1. The van der Waals surface area contributed by atoms with E-state index in [1.807, 2.05) is 19.9 Å². The van der Waals surface area contributed by atoms with Gasteiger partial charge in [-0.05, 0) is 37.6 Å². The van der Waals surface area contributed by atoms with Gasteiger partial charge in [0.05, 0.1) is 12.0 Å². The standard InChI is InChI=1S/C20H17N3O4S/c1-12-5-6-14(21-19(25)16-4-3-7-26-16)8-17(12)27-11-15-9-18(24)23-10-13(2)28-20(23)22-15/h3-10H,11H2,1-2H3,(H,21,25). The Morgan fingerprint density at radius 3 is 2.93 bits per heavy atom. The van der Waals surface area contributed by atoms with Crippen LogP contribution in [0.3, 0.4) is 0 Å². The summed E-state index contributed by atoms with van der Waals surface area (Å²) in [6, 6.07) is 10.1. The minimum Gasteiger partial charge on any atom is -0.487 e. The fourth-order valence-electron chi connectivity index (χ4n) is 2.72. The number of carbonyl (C=O) groups excluding carboxylic acids is 1. The van der Waals surface area contributed by atoms with Crippen molar-refractivity contribution in [1.82, 2.24) is 9.38 Å². The van der Waals surface area contributed by atoms with Gasteiger partial charge in [0.2, 0.25) is 0 Å². The van der Waals surface area contributed by atoms with E-state index in [0.717, 1.165) is 10.4 Å². The zero-order valence-electron chi connectivity index (χ0n) is 15.3. The second-order valence-electron chi connectivity index (χ2n) is 6.28. The third kappa shape index (κ3) is 3.67. The number of aryl methyl sites for hydroxylation is 2. The molecule has 3 heterocycles. The average Bonchev–Trinajstić information content (AvgIpc) is 3.31. The van der Waals surface area contributed by atoms with E-state index in [-0.39, 0.29) is 23.8 Å². The zero-order chi connectivity index (χ0) is 19.7. The number of aromatic nitrogens is 2. The molecule has 0 aliphatic rings. The number of amides is 1. The van der Waals surface area contributed by atoms with Crippen molar-refractivity contribution in [2.45, 2.75) is 20.5 Å². The molecule has 0 radical (unpaired) electrons. The second-order valence-corrected chi connectivity index (χ2v) is 7.49. The molecule has 142 valence electrons. The van der Waals surface area contributed by atoms with E-state index in [1.165, 1.54) is 28.1 Å². The molecule has 0 saturated carbocycles. The molecule has 0 atom stereocenters. The number of hydrogen-bond acceptors (Lipinski definition) is 6. The van der Waals surface area contributed by atoms with E-state index in [9.17, 15) is 9.59 Å². The van der Waals surface area contributed by atoms with Crippen LogP contribution in [0, 0.1) is 13.8 Å². The molecular formula is C20H17N3O4S. The lowest BCUT2D eigenvalue weighted by atomic mass is 10.2. The third-order valence-corrected chi connectivity index (χ3v) is 5.00. The van der Waals surface area contributed by atoms with Crippen molar-refractivity contribution in [3.8, 4) is 5.75 Å². The fourth-order valence-corrected chi connectivity index (χ4v) is 3.57. The highest BCUT2D eigenvalue weighted by atomic mass is 32.1. The van der Waals surface area contributed by atoms with E-state index in [1.54, 1.807) is 30.5 Å². The molecule has 0 spiro atoms. The number of carbonyl (C=O) groups is 1. The van der Waals surface area contributed by atoms with Crippen LogP contribution in [0.1, 0.15) is 26.7 Å². The summed E-state index contributed by atoms with van der Waals surface area (Å²) in [5.41, 5.74) is 1.90. The molecule has 28 heavy (non-hydrogen) atoms. The van der Waals surface area contributed by atoms with Gasteiger partial charge in [-0.3, -0.25) is 14.0 Å². The highest BCUT2D eigenvalue weighted by Gasteiger charge is 2.11. The molecule has 0 aliphatic carbocycles. The topological polar surface area (TPSA) is 85.8 Å². The van der Waals surface area contributed by atoms with E-state index in [0.29, 0.717) is 22.1 Å². The van der Waals surface area contributed by atoms with Gasteiger partial charge in [-0.2, -0.15) is 0 Å². The monoisotopic (exact) mass is 395 g/mol. The minimum atomic E-state index is -0.340. The maximum absolute atomic E-state index is 12.2. The second kappa shape index (κ2) is 7.32. The normalized spacial score (nSPS) is 10.9. The quantitative estimate of drug-likeness (QED) is 0.556. The highest BCUT2D eigenvalue weighted by molar-refractivity contribution is 7.16. The van der Waals surface area contributed by atoms with Crippen LogP contribution in [-0.4, -0.2) is 15.3 Å².